The van der Waals surface area contributed by atoms with Crippen molar-refractivity contribution >= 4 is 36.6 Å². The summed E-state index contributed by atoms with van der Waals surface area (Å²) >= 11 is 10.7. The van der Waals surface area contributed by atoms with E-state index in [9.17, 15) is 9.36 Å². The fourth-order valence-electron chi connectivity index (χ4n) is 0.843. The predicted octanol–water partition coefficient (Wildman–Crippen LogP) is 1.91. The van der Waals surface area contributed by atoms with Crippen molar-refractivity contribution in [1.29, 1.82) is 0 Å². The SMILES string of the molecule is CCOP(=O)(OCC)C(N)C(=O)C(Cl)Cl. The molecule has 2 N–H and O–H groups in total. The van der Waals surface area contributed by atoms with Crippen LogP contribution in [0, 0.1) is 0 Å². The second kappa shape index (κ2) is 6.84. The zero-order valence-corrected chi connectivity index (χ0v) is 10.9. The van der Waals surface area contributed by atoms with Crippen LogP contribution in [0.4, 0.5) is 0 Å². The highest BCUT2D eigenvalue weighted by atomic mass is 35.5. The van der Waals surface area contributed by atoms with E-state index in [1.54, 1.807) is 13.8 Å². The molecule has 15 heavy (non-hydrogen) atoms. The largest absolute Gasteiger partial charge is 0.354 e. The summed E-state index contributed by atoms with van der Waals surface area (Å²) in [6.07, 6.45) is 0. The summed E-state index contributed by atoms with van der Waals surface area (Å²) in [5, 5.41) is 0. The van der Waals surface area contributed by atoms with Crippen LogP contribution >= 0.6 is 30.8 Å². The minimum absolute atomic E-state index is 0.119. The highest BCUT2D eigenvalue weighted by molar-refractivity contribution is 7.55. The first-order chi connectivity index (χ1) is 6.89. The molecule has 0 aromatic heterocycles. The van der Waals surface area contributed by atoms with Gasteiger partial charge in [0.1, 0.15) is 0 Å². The van der Waals surface area contributed by atoms with Gasteiger partial charge in [-0.05, 0) is 13.8 Å². The van der Waals surface area contributed by atoms with Crippen LogP contribution in [0.2, 0.25) is 0 Å². The average Bonchev–Trinajstić information content (AvgIpc) is 2.16. The molecule has 0 aromatic rings. The summed E-state index contributed by atoms with van der Waals surface area (Å²) in [5.74, 6) is -2.22. The molecule has 0 amide bonds. The minimum atomic E-state index is -3.66. The van der Waals surface area contributed by atoms with E-state index in [0.29, 0.717) is 0 Å². The highest BCUT2D eigenvalue weighted by Gasteiger charge is 2.40. The number of hydrogen-bond acceptors (Lipinski definition) is 5. The lowest BCUT2D eigenvalue weighted by Crippen LogP contribution is -2.35. The van der Waals surface area contributed by atoms with Gasteiger partial charge in [-0.15, -0.1) is 0 Å². The second-order valence-corrected chi connectivity index (χ2v) is 5.77. The average molecular weight is 278 g/mol. The molecule has 0 heterocycles. The van der Waals surface area contributed by atoms with Gasteiger partial charge >= 0.3 is 7.60 Å². The third-order valence-electron chi connectivity index (χ3n) is 1.47. The molecule has 8 heteroatoms. The Labute approximate surface area is 98.7 Å². The van der Waals surface area contributed by atoms with Gasteiger partial charge in [-0.2, -0.15) is 0 Å². The Kier molecular flexibility index (Phi) is 7.00. The first-order valence-electron chi connectivity index (χ1n) is 4.35. The number of Topliss-reactive ketones (excluding diaryl/α,β-unsaturated/α-hetero) is 1. The smallest absolute Gasteiger partial charge is 0.311 e. The molecule has 0 aliphatic rings. The van der Waals surface area contributed by atoms with Crippen LogP contribution in [0.25, 0.3) is 0 Å². The lowest BCUT2D eigenvalue weighted by atomic mass is 10.4. The van der Waals surface area contributed by atoms with Gasteiger partial charge in [0.25, 0.3) is 0 Å². The number of carbonyl (C=O) groups excluding carboxylic acids is 1. The van der Waals surface area contributed by atoms with Gasteiger partial charge in [-0.3, -0.25) is 9.36 Å². The Hall–Kier alpha value is 0.360. The van der Waals surface area contributed by atoms with Gasteiger partial charge in [-0.25, -0.2) is 0 Å². The molecular formula is C7H14Cl2NO4P. The Morgan fingerprint density at radius 1 is 1.33 bits per heavy atom. The molecule has 0 bridgehead atoms. The molecule has 5 nitrogen and oxygen atoms in total. The van der Waals surface area contributed by atoms with Crippen LogP contribution in [0.5, 0.6) is 0 Å². The van der Waals surface area contributed by atoms with Crippen LogP contribution in [0.15, 0.2) is 0 Å². The zero-order chi connectivity index (χ0) is 12.1. The van der Waals surface area contributed by atoms with Crippen LogP contribution in [-0.4, -0.2) is 29.6 Å². The standard InChI is InChI=1S/C7H14Cl2NO4P/c1-3-13-15(12,14-4-2)7(10)5(11)6(8)9/h6-7H,3-4,10H2,1-2H3. The molecule has 0 rings (SSSR count). The summed E-state index contributed by atoms with van der Waals surface area (Å²) in [5.41, 5.74) is 5.44. The van der Waals surface area contributed by atoms with Crippen molar-refractivity contribution in [2.75, 3.05) is 13.2 Å². The van der Waals surface area contributed by atoms with E-state index in [4.69, 9.17) is 38.0 Å². The molecule has 0 radical (unpaired) electrons. The van der Waals surface area contributed by atoms with E-state index in [1.165, 1.54) is 0 Å². The van der Waals surface area contributed by atoms with Gasteiger partial charge in [0.15, 0.2) is 16.4 Å². The summed E-state index contributed by atoms with van der Waals surface area (Å²) in [6, 6.07) is 0. The van der Waals surface area contributed by atoms with Crippen LogP contribution < -0.4 is 5.73 Å². The molecular weight excluding hydrogens is 264 g/mol. The normalized spacial score (nSPS) is 14.3. The molecule has 0 saturated heterocycles. The topological polar surface area (TPSA) is 78.6 Å². The summed E-state index contributed by atoms with van der Waals surface area (Å²) in [6.45, 7) is 3.46. The molecule has 1 unspecified atom stereocenters. The fourth-order valence-corrected chi connectivity index (χ4v) is 2.87. The van der Waals surface area contributed by atoms with Gasteiger partial charge in [0.05, 0.1) is 13.2 Å². The van der Waals surface area contributed by atoms with Crippen molar-refractivity contribution in [2.45, 2.75) is 24.5 Å². The number of ketones is 1. The predicted molar refractivity (Wildman–Crippen MR) is 59.3 cm³/mol. The number of alkyl halides is 2. The number of halogens is 2. The van der Waals surface area contributed by atoms with Gasteiger partial charge < -0.3 is 14.8 Å². The van der Waals surface area contributed by atoms with Crippen LogP contribution in [0.3, 0.4) is 0 Å². The Morgan fingerprint density at radius 2 is 1.73 bits per heavy atom. The second-order valence-electron chi connectivity index (χ2n) is 2.52. The molecule has 0 aliphatic heterocycles. The van der Waals surface area contributed by atoms with E-state index < -0.39 is 24.0 Å². The van der Waals surface area contributed by atoms with Crippen molar-refractivity contribution < 1.29 is 18.4 Å². The highest BCUT2D eigenvalue weighted by Crippen LogP contribution is 2.51. The monoisotopic (exact) mass is 277 g/mol. The van der Waals surface area contributed by atoms with E-state index in [-0.39, 0.29) is 13.2 Å². The molecule has 0 aromatic carbocycles. The van der Waals surface area contributed by atoms with Crippen LogP contribution in [0.1, 0.15) is 13.8 Å². The minimum Gasteiger partial charge on any atom is -0.311 e. The van der Waals surface area contributed by atoms with E-state index in [0.717, 1.165) is 0 Å². The van der Waals surface area contributed by atoms with Crippen molar-refractivity contribution in [2.24, 2.45) is 5.73 Å². The zero-order valence-electron chi connectivity index (χ0n) is 8.48. The third kappa shape index (κ3) is 4.39. The third-order valence-corrected chi connectivity index (χ3v) is 4.07. The van der Waals surface area contributed by atoms with Gasteiger partial charge in [0, 0.05) is 0 Å². The summed E-state index contributed by atoms with van der Waals surface area (Å²) in [4.78, 5) is 9.98. The molecule has 0 spiro atoms. The summed E-state index contributed by atoms with van der Waals surface area (Å²) in [7, 11) is -3.66. The maximum Gasteiger partial charge on any atom is 0.354 e. The molecule has 0 saturated carbocycles. The maximum atomic E-state index is 12.0. The lowest BCUT2D eigenvalue weighted by molar-refractivity contribution is -0.117. The lowest BCUT2D eigenvalue weighted by Gasteiger charge is -2.22. The number of carbonyl (C=O) groups is 1. The van der Waals surface area contributed by atoms with E-state index in [2.05, 4.69) is 0 Å². The van der Waals surface area contributed by atoms with Crippen LogP contribution in [-0.2, 0) is 18.4 Å². The Bertz CT molecular complexity index is 251. The Balaban J connectivity index is 4.76. The van der Waals surface area contributed by atoms with Crippen molar-refractivity contribution in [3.8, 4) is 0 Å². The first-order valence-corrected chi connectivity index (χ1v) is 6.83. The molecule has 0 aliphatic carbocycles. The van der Waals surface area contributed by atoms with Gasteiger partial charge in [0.2, 0.25) is 0 Å². The Morgan fingerprint density at radius 3 is 2.00 bits per heavy atom. The van der Waals surface area contributed by atoms with Crippen molar-refractivity contribution in [3.63, 3.8) is 0 Å². The number of hydrogen-bond donors (Lipinski definition) is 1. The van der Waals surface area contributed by atoms with Crippen molar-refractivity contribution in [1.82, 2.24) is 0 Å². The summed E-state index contributed by atoms with van der Waals surface area (Å²) < 4.78 is 21.7. The molecule has 0 fully saturated rings. The van der Waals surface area contributed by atoms with Gasteiger partial charge in [-0.1, -0.05) is 23.2 Å². The fraction of sp³-hybridized carbons (Fsp3) is 0.857. The van der Waals surface area contributed by atoms with E-state index >= 15 is 0 Å². The molecule has 1 atom stereocenters. The molecule has 90 valence electrons. The first kappa shape index (κ1) is 15.4. The van der Waals surface area contributed by atoms with Crippen molar-refractivity contribution in [3.05, 3.63) is 0 Å². The quantitative estimate of drug-likeness (QED) is 0.568. The number of nitrogens with two attached hydrogens (primary N) is 1. The number of rotatable bonds is 7. The van der Waals surface area contributed by atoms with E-state index in [1.807, 2.05) is 0 Å². The maximum absolute atomic E-state index is 12.0.